The molecule has 102 valence electrons. The predicted octanol–water partition coefficient (Wildman–Crippen LogP) is 2.70. The molecule has 0 spiro atoms. The highest BCUT2D eigenvalue weighted by atomic mass is 16.3. The number of aliphatic hydroxyl groups is 1. The molecule has 0 heterocycles. The van der Waals surface area contributed by atoms with Crippen molar-refractivity contribution in [3.63, 3.8) is 0 Å². The molecule has 5 aliphatic carbocycles. The minimum Gasteiger partial charge on any atom is -0.393 e. The number of rotatable bonds is 3. The maximum absolute atomic E-state index is 9.43. The third-order valence-electron chi connectivity index (χ3n) is 6.60. The van der Waals surface area contributed by atoms with E-state index >= 15 is 0 Å². The minimum absolute atomic E-state index is 0.0222. The Balaban J connectivity index is 1.46. The van der Waals surface area contributed by atoms with Crippen LogP contribution in [0.4, 0.5) is 0 Å². The standard InChI is InChI=1S/C16H27NO/c1-10(17-14-5-15(18)6-14)16-7-11-2-12(8-16)4-13(3-11)9-16/h10-15,17-18H,2-9H2,1H3. The van der Waals surface area contributed by atoms with Crippen molar-refractivity contribution in [2.75, 3.05) is 0 Å². The molecule has 0 saturated heterocycles. The summed E-state index contributed by atoms with van der Waals surface area (Å²) in [5.41, 5.74) is 0.620. The van der Waals surface area contributed by atoms with Crippen molar-refractivity contribution in [2.24, 2.45) is 23.2 Å². The molecule has 0 aromatic heterocycles. The third kappa shape index (κ3) is 1.76. The summed E-state index contributed by atoms with van der Waals surface area (Å²) in [4.78, 5) is 0. The molecule has 5 saturated carbocycles. The lowest BCUT2D eigenvalue weighted by Gasteiger charge is -2.59. The van der Waals surface area contributed by atoms with Crippen LogP contribution in [0.15, 0.2) is 0 Å². The Morgan fingerprint density at radius 2 is 1.44 bits per heavy atom. The van der Waals surface area contributed by atoms with Crippen molar-refractivity contribution in [1.29, 1.82) is 0 Å². The van der Waals surface area contributed by atoms with Gasteiger partial charge in [-0.05, 0) is 81.5 Å². The Morgan fingerprint density at radius 3 is 1.89 bits per heavy atom. The quantitative estimate of drug-likeness (QED) is 0.806. The van der Waals surface area contributed by atoms with E-state index in [2.05, 4.69) is 12.2 Å². The predicted molar refractivity (Wildman–Crippen MR) is 72.2 cm³/mol. The van der Waals surface area contributed by atoms with Crippen LogP contribution in [0.5, 0.6) is 0 Å². The zero-order chi connectivity index (χ0) is 12.3. The molecule has 4 bridgehead atoms. The van der Waals surface area contributed by atoms with Crippen LogP contribution in [0.3, 0.4) is 0 Å². The zero-order valence-corrected chi connectivity index (χ0v) is 11.6. The van der Waals surface area contributed by atoms with Gasteiger partial charge in [-0.1, -0.05) is 0 Å². The van der Waals surface area contributed by atoms with Crippen LogP contribution in [0.1, 0.15) is 58.3 Å². The molecule has 5 fully saturated rings. The van der Waals surface area contributed by atoms with Crippen LogP contribution in [0.2, 0.25) is 0 Å². The number of nitrogens with one attached hydrogen (secondary N) is 1. The maximum Gasteiger partial charge on any atom is 0.0570 e. The average molecular weight is 249 g/mol. The van der Waals surface area contributed by atoms with Crippen LogP contribution in [0, 0.1) is 23.2 Å². The second kappa shape index (κ2) is 3.96. The Bertz CT molecular complexity index is 299. The second-order valence-corrected chi connectivity index (χ2v) is 7.99. The van der Waals surface area contributed by atoms with E-state index in [0.717, 1.165) is 30.6 Å². The Labute approximate surface area is 111 Å². The van der Waals surface area contributed by atoms with Crippen LogP contribution in [-0.4, -0.2) is 23.3 Å². The largest absolute Gasteiger partial charge is 0.393 e. The van der Waals surface area contributed by atoms with Gasteiger partial charge in [-0.2, -0.15) is 0 Å². The number of hydrogen-bond donors (Lipinski definition) is 2. The molecule has 5 rings (SSSR count). The number of aliphatic hydroxyl groups excluding tert-OH is 1. The van der Waals surface area contributed by atoms with Gasteiger partial charge >= 0.3 is 0 Å². The van der Waals surface area contributed by atoms with E-state index in [9.17, 15) is 5.11 Å². The molecule has 0 radical (unpaired) electrons. The summed E-state index contributed by atoms with van der Waals surface area (Å²) in [6, 6.07) is 1.27. The van der Waals surface area contributed by atoms with Crippen molar-refractivity contribution < 1.29 is 5.11 Å². The molecule has 18 heavy (non-hydrogen) atoms. The summed E-state index contributed by atoms with van der Waals surface area (Å²) in [5.74, 6) is 3.15. The smallest absolute Gasteiger partial charge is 0.0570 e. The van der Waals surface area contributed by atoms with E-state index in [-0.39, 0.29) is 6.10 Å². The number of hydrogen-bond acceptors (Lipinski definition) is 2. The van der Waals surface area contributed by atoms with Gasteiger partial charge in [0.25, 0.3) is 0 Å². The summed E-state index contributed by atoms with van der Waals surface area (Å²) in [6.07, 6.45) is 11.0. The fraction of sp³-hybridized carbons (Fsp3) is 1.00. The van der Waals surface area contributed by atoms with Crippen molar-refractivity contribution in [3.8, 4) is 0 Å². The fourth-order valence-corrected chi connectivity index (χ4v) is 5.96. The SMILES string of the molecule is CC(NC1CC(O)C1)C12CC3CC(CC(C3)C1)C2. The monoisotopic (exact) mass is 249 g/mol. The molecule has 2 N–H and O–H groups in total. The molecule has 2 heteroatoms. The molecule has 1 unspecified atom stereocenters. The van der Waals surface area contributed by atoms with Crippen molar-refractivity contribution >= 4 is 0 Å². The second-order valence-electron chi connectivity index (χ2n) is 7.99. The summed E-state index contributed by atoms with van der Waals surface area (Å²) in [5, 5.41) is 13.3. The molecular formula is C16H27NO. The van der Waals surface area contributed by atoms with Gasteiger partial charge in [-0.25, -0.2) is 0 Å². The molecule has 1 atom stereocenters. The lowest BCUT2D eigenvalue weighted by molar-refractivity contribution is -0.0768. The first kappa shape index (κ1) is 11.7. The Kier molecular flexibility index (Phi) is 2.58. The van der Waals surface area contributed by atoms with Gasteiger partial charge in [-0.15, -0.1) is 0 Å². The average Bonchev–Trinajstić information content (AvgIpc) is 2.24. The van der Waals surface area contributed by atoms with Gasteiger partial charge < -0.3 is 10.4 Å². The minimum atomic E-state index is -0.0222. The van der Waals surface area contributed by atoms with E-state index in [1.807, 2.05) is 0 Å². The zero-order valence-electron chi connectivity index (χ0n) is 11.6. The van der Waals surface area contributed by atoms with E-state index in [4.69, 9.17) is 0 Å². The third-order valence-corrected chi connectivity index (χ3v) is 6.60. The highest BCUT2D eigenvalue weighted by molar-refractivity contribution is 5.06. The van der Waals surface area contributed by atoms with Gasteiger partial charge in [0.15, 0.2) is 0 Å². The van der Waals surface area contributed by atoms with Gasteiger partial charge in [-0.3, -0.25) is 0 Å². The summed E-state index contributed by atoms with van der Waals surface area (Å²) in [6.45, 7) is 2.43. The van der Waals surface area contributed by atoms with E-state index < -0.39 is 0 Å². The van der Waals surface area contributed by atoms with Crippen molar-refractivity contribution in [1.82, 2.24) is 5.32 Å². The molecule has 0 aromatic carbocycles. The topological polar surface area (TPSA) is 32.3 Å². The molecule has 0 amide bonds. The van der Waals surface area contributed by atoms with Gasteiger partial charge in [0.05, 0.1) is 6.10 Å². The van der Waals surface area contributed by atoms with Gasteiger partial charge in [0.1, 0.15) is 0 Å². The molecule has 2 nitrogen and oxygen atoms in total. The normalized spacial score (nSPS) is 55.3. The molecule has 0 aromatic rings. The first-order valence-electron chi connectivity index (χ1n) is 8.07. The van der Waals surface area contributed by atoms with Crippen LogP contribution in [0.25, 0.3) is 0 Å². The lowest BCUT2D eigenvalue weighted by Crippen LogP contribution is -2.58. The van der Waals surface area contributed by atoms with Crippen molar-refractivity contribution in [3.05, 3.63) is 0 Å². The molecule has 5 aliphatic rings. The van der Waals surface area contributed by atoms with E-state index in [1.165, 1.54) is 38.5 Å². The van der Waals surface area contributed by atoms with E-state index in [0.29, 0.717) is 17.5 Å². The van der Waals surface area contributed by atoms with Crippen LogP contribution < -0.4 is 5.32 Å². The first-order chi connectivity index (χ1) is 8.63. The summed E-state index contributed by atoms with van der Waals surface area (Å²) in [7, 11) is 0. The lowest BCUT2D eigenvalue weighted by atomic mass is 9.48. The first-order valence-corrected chi connectivity index (χ1v) is 8.07. The Hall–Kier alpha value is -0.0800. The molecule has 0 aliphatic heterocycles. The summed E-state index contributed by atoms with van der Waals surface area (Å²) < 4.78 is 0. The fourth-order valence-electron chi connectivity index (χ4n) is 5.96. The maximum atomic E-state index is 9.43. The Morgan fingerprint density at radius 1 is 0.944 bits per heavy atom. The van der Waals surface area contributed by atoms with Crippen molar-refractivity contribution in [2.45, 2.75) is 76.5 Å². The van der Waals surface area contributed by atoms with Crippen LogP contribution >= 0.6 is 0 Å². The highest BCUT2D eigenvalue weighted by Crippen LogP contribution is 2.61. The van der Waals surface area contributed by atoms with Gasteiger partial charge in [0.2, 0.25) is 0 Å². The van der Waals surface area contributed by atoms with E-state index in [1.54, 1.807) is 0 Å². The van der Waals surface area contributed by atoms with Gasteiger partial charge in [0, 0.05) is 12.1 Å². The highest BCUT2D eigenvalue weighted by Gasteiger charge is 2.53. The molecular weight excluding hydrogens is 222 g/mol. The van der Waals surface area contributed by atoms with Crippen LogP contribution in [-0.2, 0) is 0 Å². The summed E-state index contributed by atoms with van der Waals surface area (Å²) >= 11 is 0.